The molecule has 2 aromatic rings. The lowest BCUT2D eigenvalue weighted by molar-refractivity contribution is 0.0383. The van der Waals surface area contributed by atoms with Crippen molar-refractivity contribution in [1.29, 1.82) is 0 Å². The van der Waals surface area contributed by atoms with Crippen molar-refractivity contribution < 1.29 is 9.53 Å². The van der Waals surface area contributed by atoms with Crippen LogP contribution in [0, 0.1) is 0 Å². The third-order valence-corrected chi connectivity index (χ3v) is 3.53. The number of benzene rings is 1. The molecule has 0 spiro atoms. The minimum absolute atomic E-state index is 0.199. The van der Waals surface area contributed by atoms with E-state index >= 15 is 0 Å². The van der Waals surface area contributed by atoms with Crippen molar-refractivity contribution in [2.75, 3.05) is 39.4 Å². The molecule has 1 aliphatic heterocycles. The molecule has 0 radical (unpaired) electrons. The molecule has 7 nitrogen and oxygen atoms in total. The van der Waals surface area contributed by atoms with Crippen LogP contribution in [0.4, 0.5) is 0 Å². The highest BCUT2D eigenvalue weighted by atomic mass is 16.5. The van der Waals surface area contributed by atoms with Crippen LogP contribution in [0.5, 0.6) is 0 Å². The van der Waals surface area contributed by atoms with Gasteiger partial charge in [0.2, 0.25) is 0 Å². The van der Waals surface area contributed by atoms with E-state index in [0.717, 1.165) is 38.5 Å². The molecule has 0 bridgehead atoms. The summed E-state index contributed by atoms with van der Waals surface area (Å²) in [6.07, 6.45) is 1.48. The number of para-hydroxylation sites is 1. The molecule has 1 aromatic heterocycles. The molecule has 0 atom stereocenters. The van der Waals surface area contributed by atoms with Gasteiger partial charge in [-0.25, -0.2) is 0 Å². The van der Waals surface area contributed by atoms with Crippen molar-refractivity contribution in [2.24, 2.45) is 0 Å². The van der Waals surface area contributed by atoms with Crippen LogP contribution in [0.3, 0.4) is 0 Å². The first-order valence-electron chi connectivity index (χ1n) is 7.39. The second-order valence-electron chi connectivity index (χ2n) is 5.06. The van der Waals surface area contributed by atoms with Crippen molar-refractivity contribution >= 4 is 5.91 Å². The molecule has 22 heavy (non-hydrogen) atoms. The monoisotopic (exact) mass is 301 g/mol. The van der Waals surface area contributed by atoms with Gasteiger partial charge in [-0.05, 0) is 12.1 Å². The van der Waals surface area contributed by atoms with E-state index < -0.39 is 0 Å². The summed E-state index contributed by atoms with van der Waals surface area (Å²) in [6.45, 7) is 4.78. The maximum absolute atomic E-state index is 12.1. The Morgan fingerprint density at radius 1 is 1.23 bits per heavy atom. The Bertz CT molecular complexity index is 607. The molecule has 0 aliphatic carbocycles. The second kappa shape index (κ2) is 7.15. The Kier molecular flexibility index (Phi) is 4.77. The van der Waals surface area contributed by atoms with Crippen LogP contribution in [0.1, 0.15) is 10.5 Å². The Hall–Kier alpha value is -2.25. The Labute approximate surface area is 128 Å². The van der Waals surface area contributed by atoms with Gasteiger partial charge >= 0.3 is 0 Å². The number of nitrogens with one attached hydrogen (secondary N) is 1. The predicted octanol–water partition coefficient (Wildman–Crippen LogP) is 0.329. The van der Waals surface area contributed by atoms with Crippen LogP contribution in [-0.2, 0) is 4.74 Å². The number of ether oxygens (including phenoxy) is 1. The zero-order valence-corrected chi connectivity index (χ0v) is 12.3. The van der Waals surface area contributed by atoms with Crippen LogP contribution < -0.4 is 5.32 Å². The van der Waals surface area contributed by atoms with Crippen LogP contribution in [-0.4, -0.2) is 65.2 Å². The number of amides is 1. The summed E-state index contributed by atoms with van der Waals surface area (Å²) < 4.78 is 5.29. The van der Waals surface area contributed by atoms with Crippen LogP contribution in [0.15, 0.2) is 36.5 Å². The number of aromatic nitrogens is 3. The smallest absolute Gasteiger partial charge is 0.273 e. The lowest BCUT2D eigenvalue weighted by Gasteiger charge is -2.26. The van der Waals surface area contributed by atoms with Crippen LogP contribution in [0.2, 0.25) is 0 Å². The van der Waals surface area contributed by atoms with Crippen LogP contribution >= 0.6 is 0 Å². The summed E-state index contributed by atoms with van der Waals surface area (Å²) in [7, 11) is 0. The third-order valence-electron chi connectivity index (χ3n) is 3.53. The number of nitrogens with zero attached hydrogens (tertiary/aromatic N) is 4. The van der Waals surface area contributed by atoms with Gasteiger partial charge in [0.25, 0.3) is 5.91 Å². The van der Waals surface area contributed by atoms with Gasteiger partial charge in [-0.3, -0.25) is 9.69 Å². The maximum atomic E-state index is 12.1. The number of morpholine rings is 1. The van der Waals surface area contributed by atoms with Gasteiger partial charge in [-0.2, -0.15) is 9.90 Å². The number of carbonyl (C=O) groups excluding carboxylic acids is 1. The van der Waals surface area contributed by atoms with Crippen LogP contribution in [0.25, 0.3) is 5.69 Å². The first kappa shape index (κ1) is 14.7. The molecule has 1 amide bonds. The van der Waals surface area contributed by atoms with E-state index in [2.05, 4.69) is 20.4 Å². The topological polar surface area (TPSA) is 72.3 Å². The lowest BCUT2D eigenvalue weighted by atomic mass is 10.3. The van der Waals surface area contributed by atoms with E-state index in [1.807, 2.05) is 30.3 Å². The number of hydrogen-bond acceptors (Lipinski definition) is 5. The molecule has 7 heteroatoms. The zero-order valence-electron chi connectivity index (χ0n) is 12.3. The highest BCUT2D eigenvalue weighted by molar-refractivity contribution is 5.91. The normalized spacial score (nSPS) is 15.6. The minimum atomic E-state index is -0.199. The van der Waals surface area contributed by atoms with Gasteiger partial charge in [0.15, 0.2) is 5.69 Å². The minimum Gasteiger partial charge on any atom is -0.379 e. The first-order valence-corrected chi connectivity index (χ1v) is 7.39. The average molecular weight is 301 g/mol. The molecule has 1 saturated heterocycles. The molecule has 116 valence electrons. The SMILES string of the molecule is O=C(NCCN1CCOCC1)c1cnn(-c2ccccc2)n1. The largest absolute Gasteiger partial charge is 0.379 e. The van der Waals surface area contributed by atoms with Gasteiger partial charge < -0.3 is 10.1 Å². The van der Waals surface area contributed by atoms with Gasteiger partial charge in [0.1, 0.15) is 0 Å². The molecular weight excluding hydrogens is 282 g/mol. The summed E-state index contributed by atoms with van der Waals surface area (Å²) in [4.78, 5) is 15.8. The summed E-state index contributed by atoms with van der Waals surface area (Å²) in [6, 6.07) is 9.51. The summed E-state index contributed by atoms with van der Waals surface area (Å²) in [5, 5.41) is 11.2. The molecule has 2 heterocycles. The summed E-state index contributed by atoms with van der Waals surface area (Å²) >= 11 is 0. The van der Waals surface area contributed by atoms with Crippen molar-refractivity contribution in [1.82, 2.24) is 25.2 Å². The van der Waals surface area contributed by atoms with Gasteiger partial charge in [0, 0.05) is 26.2 Å². The zero-order chi connectivity index (χ0) is 15.2. The van der Waals surface area contributed by atoms with Gasteiger partial charge in [-0.1, -0.05) is 18.2 Å². The summed E-state index contributed by atoms with van der Waals surface area (Å²) in [5.74, 6) is -0.199. The number of hydrogen-bond donors (Lipinski definition) is 1. The van der Waals surface area contributed by atoms with E-state index in [9.17, 15) is 4.79 Å². The highest BCUT2D eigenvalue weighted by Crippen LogP contribution is 2.04. The van der Waals surface area contributed by atoms with E-state index in [4.69, 9.17) is 4.74 Å². The molecule has 0 saturated carbocycles. The van der Waals surface area contributed by atoms with Gasteiger partial charge in [-0.15, -0.1) is 5.10 Å². The number of rotatable bonds is 5. The number of carbonyl (C=O) groups is 1. The molecule has 1 aliphatic rings. The fourth-order valence-electron chi connectivity index (χ4n) is 2.30. The molecule has 0 unspecified atom stereocenters. The molecule has 1 aromatic carbocycles. The predicted molar refractivity (Wildman–Crippen MR) is 81.0 cm³/mol. The van der Waals surface area contributed by atoms with E-state index in [-0.39, 0.29) is 5.91 Å². The molecule has 1 N–H and O–H groups in total. The average Bonchev–Trinajstić information content (AvgIpc) is 3.07. The molecule has 3 rings (SSSR count). The molecule has 1 fully saturated rings. The standard InChI is InChI=1S/C15H19N5O2/c21-15(16-6-7-19-8-10-22-11-9-19)14-12-17-20(18-14)13-4-2-1-3-5-13/h1-5,12H,6-11H2,(H,16,21). The third kappa shape index (κ3) is 3.69. The Balaban J connectivity index is 1.51. The van der Waals surface area contributed by atoms with E-state index in [0.29, 0.717) is 12.2 Å². The first-order chi connectivity index (χ1) is 10.8. The van der Waals surface area contributed by atoms with E-state index in [1.54, 1.807) is 0 Å². The second-order valence-corrected chi connectivity index (χ2v) is 5.06. The molecular formula is C15H19N5O2. The van der Waals surface area contributed by atoms with Gasteiger partial charge in [0.05, 0.1) is 25.1 Å². The quantitative estimate of drug-likeness (QED) is 0.861. The Morgan fingerprint density at radius 2 is 2.00 bits per heavy atom. The Morgan fingerprint density at radius 3 is 2.77 bits per heavy atom. The van der Waals surface area contributed by atoms with Crippen molar-refractivity contribution in [3.05, 3.63) is 42.2 Å². The summed E-state index contributed by atoms with van der Waals surface area (Å²) in [5.41, 5.74) is 1.15. The highest BCUT2D eigenvalue weighted by Gasteiger charge is 2.13. The van der Waals surface area contributed by atoms with Crippen molar-refractivity contribution in [3.63, 3.8) is 0 Å². The van der Waals surface area contributed by atoms with Crippen molar-refractivity contribution in [2.45, 2.75) is 0 Å². The fraction of sp³-hybridized carbons (Fsp3) is 0.400. The maximum Gasteiger partial charge on any atom is 0.273 e. The van der Waals surface area contributed by atoms with Crippen molar-refractivity contribution in [3.8, 4) is 5.69 Å². The van der Waals surface area contributed by atoms with E-state index in [1.165, 1.54) is 11.0 Å². The fourth-order valence-corrected chi connectivity index (χ4v) is 2.30. The lowest BCUT2D eigenvalue weighted by Crippen LogP contribution is -2.41.